The van der Waals surface area contributed by atoms with Crippen molar-refractivity contribution in [2.45, 2.75) is 6.92 Å². The Morgan fingerprint density at radius 2 is 2.18 bits per heavy atom. The van der Waals surface area contributed by atoms with Gasteiger partial charge in [0.2, 0.25) is 0 Å². The smallest absolute Gasteiger partial charge is 0.115 e. The van der Waals surface area contributed by atoms with Crippen LogP contribution in [0.1, 0.15) is 5.56 Å². The van der Waals surface area contributed by atoms with Crippen molar-refractivity contribution >= 4 is 27.0 Å². The summed E-state index contributed by atoms with van der Waals surface area (Å²) >= 11 is 3.39. The molecule has 0 atom stereocenters. The summed E-state index contributed by atoms with van der Waals surface area (Å²) in [5, 5.41) is 10.6. The van der Waals surface area contributed by atoms with Gasteiger partial charge in [0, 0.05) is 4.47 Å². The van der Waals surface area contributed by atoms with Crippen LogP contribution in [0.5, 0.6) is 0 Å². The summed E-state index contributed by atoms with van der Waals surface area (Å²) in [4.78, 5) is 0. The highest BCUT2D eigenvalue weighted by Crippen LogP contribution is 2.19. The van der Waals surface area contributed by atoms with Gasteiger partial charge < -0.3 is 0 Å². The number of fused-ring (bicyclic) bond motifs is 1. The second-order valence-corrected chi connectivity index (χ2v) is 3.33. The van der Waals surface area contributed by atoms with Crippen LogP contribution in [0.25, 0.3) is 11.0 Å². The number of benzene rings is 1. The van der Waals surface area contributed by atoms with Gasteiger partial charge in [-0.25, -0.2) is 0 Å². The largest absolute Gasteiger partial charge is 0.197 e. The molecule has 0 saturated heterocycles. The fourth-order valence-electron chi connectivity index (χ4n) is 1.08. The maximum absolute atomic E-state index is 4.00. The number of nitrogens with zero attached hydrogens (tertiary/aromatic N) is 2. The first-order valence-electron chi connectivity index (χ1n) is 3.24. The molecule has 4 heteroatoms. The van der Waals surface area contributed by atoms with Crippen molar-refractivity contribution in [3.63, 3.8) is 0 Å². The van der Waals surface area contributed by atoms with Gasteiger partial charge in [-0.3, -0.25) is 0 Å². The molecule has 0 radical (unpaired) electrons. The van der Waals surface area contributed by atoms with E-state index in [9.17, 15) is 0 Å². The number of hydrogen-bond acceptors (Lipinski definition) is 2. The van der Waals surface area contributed by atoms with Crippen LogP contribution in [-0.4, -0.2) is 15.4 Å². The van der Waals surface area contributed by atoms with Gasteiger partial charge in [-0.05, 0) is 24.6 Å². The van der Waals surface area contributed by atoms with Crippen LogP contribution in [0.4, 0.5) is 0 Å². The molecule has 1 aromatic heterocycles. The van der Waals surface area contributed by atoms with Crippen molar-refractivity contribution in [2.24, 2.45) is 0 Å². The maximum atomic E-state index is 4.00. The van der Waals surface area contributed by atoms with Crippen molar-refractivity contribution in [3.8, 4) is 0 Å². The minimum atomic E-state index is 0.900. The van der Waals surface area contributed by atoms with E-state index in [1.807, 2.05) is 19.1 Å². The molecule has 2 aromatic rings. The summed E-state index contributed by atoms with van der Waals surface area (Å²) in [6.45, 7) is 2.01. The minimum absolute atomic E-state index is 0.900. The summed E-state index contributed by atoms with van der Waals surface area (Å²) in [5.41, 5.74) is 2.97. The predicted molar refractivity (Wildman–Crippen MR) is 46.3 cm³/mol. The topological polar surface area (TPSA) is 41.6 Å². The van der Waals surface area contributed by atoms with Crippen LogP contribution in [-0.2, 0) is 0 Å². The predicted octanol–water partition coefficient (Wildman–Crippen LogP) is 2.03. The van der Waals surface area contributed by atoms with E-state index >= 15 is 0 Å². The number of aromatic amines is 1. The molecular formula is C7H6BrN3. The second-order valence-electron chi connectivity index (χ2n) is 2.41. The first kappa shape index (κ1) is 6.79. The van der Waals surface area contributed by atoms with E-state index in [1.54, 1.807) is 0 Å². The Bertz CT molecular complexity index is 393. The Morgan fingerprint density at radius 1 is 1.36 bits per heavy atom. The molecule has 0 aliphatic rings. The van der Waals surface area contributed by atoms with Gasteiger partial charge in [0.15, 0.2) is 0 Å². The molecule has 11 heavy (non-hydrogen) atoms. The lowest BCUT2D eigenvalue weighted by Gasteiger charge is -1.92. The first-order chi connectivity index (χ1) is 5.27. The van der Waals surface area contributed by atoms with Crippen LogP contribution < -0.4 is 0 Å². The number of rotatable bonds is 0. The summed E-state index contributed by atoms with van der Waals surface area (Å²) in [6.07, 6.45) is 0. The monoisotopic (exact) mass is 211 g/mol. The molecule has 3 nitrogen and oxygen atoms in total. The van der Waals surface area contributed by atoms with E-state index in [4.69, 9.17) is 0 Å². The van der Waals surface area contributed by atoms with Crippen molar-refractivity contribution in [1.82, 2.24) is 15.4 Å². The zero-order chi connectivity index (χ0) is 7.84. The molecule has 0 saturated carbocycles. The number of H-pyrrole nitrogens is 1. The zero-order valence-electron chi connectivity index (χ0n) is 5.93. The molecular weight excluding hydrogens is 206 g/mol. The molecule has 1 N–H and O–H groups in total. The van der Waals surface area contributed by atoms with Crippen molar-refractivity contribution in [2.75, 3.05) is 0 Å². The standard InChI is InChI=1S/C7H6BrN3/c1-4-2-5(8)3-6-7(4)10-11-9-6/h2-3H,1H3,(H,9,10,11). The Labute approximate surface area is 71.9 Å². The van der Waals surface area contributed by atoms with E-state index in [-0.39, 0.29) is 0 Å². The lowest BCUT2D eigenvalue weighted by Crippen LogP contribution is -1.76. The van der Waals surface area contributed by atoms with Gasteiger partial charge in [0.1, 0.15) is 11.0 Å². The highest BCUT2D eigenvalue weighted by molar-refractivity contribution is 9.10. The molecule has 0 fully saturated rings. The SMILES string of the molecule is Cc1cc(Br)cc2n[nH]nc12. The lowest BCUT2D eigenvalue weighted by atomic mass is 10.2. The fourth-order valence-corrected chi connectivity index (χ4v) is 1.64. The van der Waals surface area contributed by atoms with E-state index in [2.05, 4.69) is 31.3 Å². The van der Waals surface area contributed by atoms with Crippen molar-refractivity contribution in [3.05, 3.63) is 22.2 Å². The van der Waals surface area contributed by atoms with E-state index in [0.717, 1.165) is 21.1 Å². The van der Waals surface area contributed by atoms with Gasteiger partial charge in [-0.2, -0.15) is 15.4 Å². The number of aryl methyl sites for hydroxylation is 1. The summed E-state index contributed by atoms with van der Waals surface area (Å²) in [5.74, 6) is 0. The molecule has 2 rings (SSSR count). The number of hydrogen-bond donors (Lipinski definition) is 1. The molecule has 56 valence electrons. The van der Waals surface area contributed by atoms with Crippen molar-refractivity contribution < 1.29 is 0 Å². The summed E-state index contributed by atoms with van der Waals surface area (Å²) < 4.78 is 1.04. The number of nitrogens with one attached hydrogen (secondary N) is 1. The van der Waals surface area contributed by atoms with Crippen LogP contribution in [0.2, 0.25) is 0 Å². The quantitative estimate of drug-likeness (QED) is 0.725. The molecule has 0 aliphatic carbocycles. The highest BCUT2D eigenvalue weighted by Gasteiger charge is 2.01. The molecule has 0 amide bonds. The van der Waals surface area contributed by atoms with Gasteiger partial charge in [-0.15, -0.1) is 0 Å². The average Bonchev–Trinajstić information content (AvgIpc) is 2.34. The molecule has 1 aromatic carbocycles. The molecule has 1 heterocycles. The van der Waals surface area contributed by atoms with E-state index < -0.39 is 0 Å². The fraction of sp³-hybridized carbons (Fsp3) is 0.143. The van der Waals surface area contributed by atoms with Crippen LogP contribution in [0.15, 0.2) is 16.6 Å². The summed E-state index contributed by atoms with van der Waals surface area (Å²) in [7, 11) is 0. The summed E-state index contributed by atoms with van der Waals surface area (Å²) in [6, 6.07) is 3.96. The third-order valence-corrected chi connectivity index (χ3v) is 2.04. The third-order valence-electron chi connectivity index (χ3n) is 1.58. The van der Waals surface area contributed by atoms with E-state index in [0.29, 0.717) is 0 Å². The average molecular weight is 212 g/mol. The molecule has 0 aliphatic heterocycles. The molecule has 0 unspecified atom stereocenters. The minimum Gasteiger partial charge on any atom is -0.197 e. The van der Waals surface area contributed by atoms with Gasteiger partial charge >= 0.3 is 0 Å². The van der Waals surface area contributed by atoms with Gasteiger partial charge in [0.05, 0.1) is 0 Å². The second kappa shape index (κ2) is 2.30. The zero-order valence-corrected chi connectivity index (χ0v) is 7.51. The number of halogens is 1. The normalized spacial score (nSPS) is 10.7. The Balaban J connectivity index is 2.91. The van der Waals surface area contributed by atoms with Crippen LogP contribution in [0.3, 0.4) is 0 Å². The van der Waals surface area contributed by atoms with Gasteiger partial charge in [-0.1, -0.05) is 15.9 Å². The highest BCUT2D eigenvalue weighted by atomic mass is 79.9. The number of aromatic nitrogens is 3. The maximum Gasteiger partial charge on any atom is 0.115 e. The molecule has 0 bridgehead atoms. The third kappa shape index (κ3) is 1.03. The van der Waals surface area contributed by atoms with Crippen molar-refractivity contribution in [1.29, 1.82) is 0 Å². The lowest BCUT2D eigenvalue weighted by molar-refractivity contribution is 0.958. The Morgan fingerprint density at radius 3 is 3.00 bits per heavy atom. The van der Waals surface area contributed by atoms with E-state index in [1.165, 1.54) is 0 Å². The van der Waals surface area contributed by atoms with Crippen LogP contribution >= 0.6 is 15.9 Å². The molecule has 0 spiro atoms. The Kier molecular flexibility index (Phi) is 1.42. The first-order valence-corrected chi connectivity index (χ1v) is 4.03. The Hall–Kier alpha value is -0.900. The van der Waals surface area contributed by atoms with Crippen LogP contribution in [0, 0.1) is 6.92 Å². The van der Waals surface area contributed by atoms with Gasteiger partial charge in [0.25, 0.3) is 0 Å².